The lowest BCUT2D eigenvalue weighted by Gasteiger charge is -2.29. The van der Waals surface area contributed by atoms with Crippen molar-refractivity contribution in [3.8, 4) is 27.9 Å². The molecule has 276 valence electrons. The lowest BCUT2D eigenvalue weighted by atomic mass is 9.94. The number of furan rings is 1. The second kappa shape index (κ2) is 13.4. The molecule has 0 unspecified atom stereocenters. The third-order valence-corrected chi connectivity index (χ3v) is 12.0. The van der Waals surface area contributed by atoms with Gasteiger partial charge in [0.15, 0.2) is 0 Å². The number of fused-ring (bicyclic) bond motifs is 9. The summed E-state index contributed by atoms with van der Waals surface area (Å²) in [5.74, 6) is 0. The lowest BCUT2D eigenvalue weighted by Crippen LogP contribution is -2.11. The number of hydrogen-bond acceptors (Lipinski definition) is 2. The minimum atomic E-state index is 0.859. The first-order valence-corrected chi connectivity index (χ1v) is 20.2. The van der Waals surface area contributed by atoms with Gasteiger partial charge in [0.05, 0.1) is 28.0 Å². The van der Waals surface area contributed by atoms with Crippen LogP contribution in [0.2, 0.25) is 0 Å². The summed E-state index contributed by atoms with van der Waals surface area (Å²) in [5.41, 5.74) is 12.8. The highest BCUT2D eigenvalue weighted by Gasteiger charge is 2.25. The van der Waals surface area contributed by atoms with Gasteiger partial charge in [0.2, 0.25) is 0 Å². The summed E-state index contributed by atoms with van der Waals surface area (Å²) in [7, 11) is 0. The molecular formula is C56H36N2O. The molecule has 0 saturated carbocycles. The molecule has 0 aliphatic heterocycles. The van der Waals surface area contributed by atoms with Gasteiger partial charge in [0.25, 0.3) is 0 Å². The van der Waals surface area contributed by atoms with E-state index in [1.807, 2.05) is 6.07 Å². The molecule has 0 atom stereocenters. The molecule has 2 heterocycles. The molecule has 0 saturated heterocycles. The zero-order chi connectivity index (χ0) is 38.9. The van der Waals surface area contributed by atoms with Crippen LogP contribution >= 0.6 is 0 Å². The Morgan fingerprint density at radius 1 is 0.356 bits per heavy atom. The molecule has 0 radical (unpaired) electrons. The summed E-state index contributed by atoms with van der Waals surface area (Å²) in [6.45, 7) is 0. The number of benzene rings is 10. The molecule has 0 bridgehead atoms. The van der Waals surface area contributed by atoms with E-state index in [2.05, 4.69) is 222 Å². The lowest BCUT2D eigenvalue weighted by molar-refractivity contribution is 0.670. The van der Waals surface area contributed by atoms with Crippen LogP contribution in [0.25, 0.3) is 93.2 Å². The highest BCUT2D eigenvalue weighted by atomic mass is 16.3. The Hall–Kier alpha value is -7.88. The molecule has 3 heteroatoms. The van der Waals surface area contributed by atoms with Crippen LogP contribution < -0.4 is 4.90 Å². The zero-order valence-electron chi connectivity index (χ0n) is 32.1. The fourth-order valence-electron chi connectivity index (χ4n) is 9.37. The maximum atomic E-state index is 6.96. The minimum Gasteiger partial charge on any atom is -0.455 e. The maximum Gasteiger partial charge on any atom is 0.145 e. The predicted octanol–water partition coefficient (Wildman–Crippen LogP) is 15.8. The Balaban J connectivity index is 1.11. The van der Waals surface area contributed by atoms with Gasteiger partial charge in [-0.05, 0) is 93.3 Å². The fraction of sp³-hybridized carbons (Fsp3) is 0. The van der Waals surface area contributed by atoms with E-state index in [1.54, 1.807) is 0 Å². The molecule has 0 aliphatic rings. The number of aromatic nitrogens is 1. The fourth-order valence-corrected chi connectivity index (χ4v) is 9.37. The van der Waals surface area contributed by atoms with Gasteiger partial charge in [-0.25, -0.2) is 0 Å². The van der Waals surface area contributed by atoms with Crippen molar-refractivity contribution in [3.05, 3.63) is 218 Å². The normalized spacial score (nSPS) is 11.7. The summed E-state index contributed by atoms with van der Waals surface area (Å²) >= 11 is 0. The molecule has 12 rings (SSSR count). The minimum absolute atomic E-state index is 0.859. The molecule has 0 fully saturated rings. The Morgan fingerprint density at radius 2 is 0.949 bits per heavy atom. The first-order valence-electron chi connectivity index (χ1n) is 20.2. The third kappa shape index (κ3) is 5.22. The Kier molecular flexibility index (Phi) is 7.54. The molecule has 0 N–H and O–H groups in total. The summed E-state index contributed by atoms with van der Waals surface area (Å²) < 4.78 is 9.38. The van der Waals surface area contributed by atoms with Gasteiger partial charge in [-0.15, -0.1) is 0 Å². The summed E-state index contributed by atoms with van der Waals surface area (Å²) in [6, 6.07) is 78.6. The Bertz CT molecular complexity index is 3500. The molecule has 10 aromatic carbocycles. The smallest absolute Gasteiger partial charge is 0.145 e. The van der Waals surface area contributed by atoms with Gasteiger partial charge in [0.1, 0.15) is 11.2 Å². The average Bonchev–Trinajstić information content (AvgIpc) is 3.85. The highest BCUT2D eigenvalue weighted by molar-refractivity contribution is 6.16. The van der Waals surface area contributed by atoms with Crippen LogP contribution in [-0.2, 0) is 0 Å². The molecule has 2 aromatic heterocycles. The van der Waals surface area contributed by atoms with E-state index in [4.69, 9.17) is 4.42 Å². The Labute approximate surface area is 341 Å². The maximum absolute atomic E-state index is 6.96. The largest absolute Gasteiger partial charge is 0.455 e. The number of anilines is 3. The van der Waals surface area contributed by atoms with E-state index in [1.165, 1.54) is 43.4 Å². The van der Waals surface area contributed by atoms with Crippen molar-refractivity contribution in [2.75, 3.05) is 4.90 Å². The van der Waals surface area contributed by atoms with Gasteiger partial charge in [-0.2, -0.15) is 0 Å². The number of rotatable bonds is 6. The van der Waals surface area contributed by atoms with Gasteiger partial charge in [-0.3, -0.25) is 0 Å². The molecule has 3 nitrogen and oxygen atoms in total. The van der Waals surface area contributed by atoms with Crippen LogP contribution in [0.15, 0.2) is 223 Å². The van der Waals surface area contributed by atoms with E-state index in [0.717, 1.165) is 66.8 Å². The standard InChI is InChI=1S/C56H36N2O/c1-2-16-39(17-3-1)57(40-32-29-38(30-33-40)42-23-14-24-43-41-18-5-4-15-37(41)31-34-44(42)43)53-36-35-48-47-21-9-13-28-54(47)59-56(48)55(53)49-22-8-12-27-52(49)58-50-25-10-6-19-45(50)46-20-7-11-26-51(46)58/h1-36H. The topological polar surface area (TPSA) is 21.3 Å². The van der Waals surface area contributed by atoms with Crippen molar-refractivity contribution in [2.45, 2.75) is 0 Å². The monoisotopic (exact) mass is 752 g/mol. The SMILES string of the molecule is c1ccc(N(c2ccc(-c3cccc4c3ccc3ccccc34)cc2)c2ccc3c(oc4ccccc43)c2-c2ccccc2-n2c3ccccc3c3ccccc32)cc1. The third-order valence-electron chi connectivity index (χ3n) is 12.0. The van der Waals surface area contributed by atoms with E-state index < -0.39 is 0 Å². The highest BCUT2D eigenvalue weighted by Crippen LogP contribution is 2.49. The number of para-hydroxylation sites is 5. The second-order valence-corrected chi connectivity index (χ2v) is 15.2. The number of hydrogen-bond donors (Lipinski definition) is 0. The Morgan fingerprint density at radius 3 is 1.75 bits per heavy atom. The quantitative estimate of drug-likeness (QED) is 0.158. The van der Waals surface area contributed by atoms with Crippen LogP contribution in [0.1, 0.15) is 0 Å². The van der Waals surface area contributed by atoms with Crippen LogP contribution in [0.3, 0.4) is 0 Å². The molecule has 12 aromatic rings. The second-order valence-electron chi connectivity index (χ2n) is 15.2. The van der Waals surface area contributed by atoms with Crippen molar-refractivity contribution in [1.29, 1.82) is 0 Å². The summed E-state index contributed by atoms with van der Waals surface area (Å²) in [5, 5.41) is 9.68. The molecule has 59 heavy (non-hydrogen) atoms. The molecule has 0 aliphatic carbocycles. The van der Waals surface area contributed by atoms with Gasteiger partial charge in [0, 0.05) is 38.5 Å². The average molecular weight is 753 g/mol. The molecule has 0 amide bonds. The summed E-state index contributed by atoms with van der Waals surface area (Å²) in [4.78, 5) is 2.38. The molecular weight excluding hydrogens is 717 g/mol. The van der Waals surface area contributed by atoms with Crippen LogP contribution in [0.4, 0.5) is 17.1 Å². The molecule has 0 spiro atoms. The van der Waals surface area contributed by atoms with E-state index >= 15 is 0 Å². The van der Waals surface area contributed by atoms with Crippen molar-refractivity contribution in [1.82, 2.24) is 4.57 Å². The van der Waals surface area contributed by atoms with Crippen molar-refractivity contribution < 1.29 is 4.42 Å². The summed E-state index contributed by atoms with van der Waals surface area (Å²) in [6.07, 6.45) is 0. The van der Waals surface area contributed by atoms with Gasteiger partial charge < -0.3 is 13.9 Å². The van der Waals surface area contributed by atoms with E-state index in [9.17, 15) is 0 Å². The first kappa shape index (κ1) is 33.3. The predicted molar refractivity (Wildman–Crippen MR) is 249 cm³/mol. The first-order chi connectivity index (χ1) is 29.3. The van der Waals surface area contributed by atoms with Crippen molar-refractivity contribution in [2.24, 2.45) is 0 Å². The van der Waals surface area contributed by atoms with E-state index in [-0.39, 0.29) is 0 Å². The van der Waals surface area contributed by atoms with Crippen molar-refractivity contribution >= 4 is 82.4 Å². The van der Waals surface area contributed by atoms with Crippen LogP contribution in [0, 0.1) is 0 Å². The van der Waals surface area contributed by atoms with E-state index in [0.29, 0.717) is 0 Å². The number of nitrogens with zero attached hydrogens (tertiary/aromatic N) is 2. The van der Waals surface area contributed by atoms with Gasteiger partial charge >= 0.3 is 0 Å². The van der Waals surface area contributed by atoms with Crippen molar-refractivity contribution in [3.63, 3.8) is 0 Å². The van der Waals surface area contributed by atoms with Crippen LogP contribution in [-0.4, -0.2) is 4.57 Å². The zero-order valence-corrected chi connectivity index (χ0v) is 32.1. The van der Waals surface area contributed by atoms with Gasteiger partial charge in [-0.1, -0.05) is 158 Å². The van der Waals surface area contributed by atoms with Crippen LogP contribution in [0.5, 0.6) is 0 Å².